The van der Waals surface area contributed by atoms with Crippen LogP contribution < -0.4 is 4.74 Å². The van der Waals surface area contributed by atoms with E-state index < -0.39 is 0 Å². The van der Waals surface area contributed by atoms with Crippen LogP contribution in [0.25, 0.3) is 5.65 Å². The number of ether oxygens (including phenoxy) is 1. The van der Waals surface area contributed by atoms with E-state index in [0.29, 0.717) is 23.2 Å². The third kappa shape index (κ3) is 3.38. The lowest BCUT2D eigenvalue weighted by Gasteiger charge is -2.20. The Kier molecular flexibility index (Phi) is 5.09. The number of hydrogen-bond acceptors (Lipinski definition) is 5. The van der Waals surface area contributed by atoms with Gasteiger partial charge in [0.05, 0.1) is 6.61 Å². The number of rotatable bonds is 4. The van der Waals surface area contributed by atoms with Crippen molar-refractivity contribution in [1.29, 1.82) is 0 Å². The number of aryl methyl sites for hydroxylation is 1. The van der Waals surface area contributed by atoms with E-state index in [-0.39, 0.29) is 11.9 Å². The molecule has 1 saturated heterocycles. The van der Waals surface area contributed by atoms with Gasteiger partial charge in [-0.05, 0) is 45.0 Å². The summed E-state index contributed by atoms with van der Waals surface area (Å²) in [5.74, 6) is 1.38. The molecule has 7 heteroatoms. The third-order valence-corrected chi connectivity index (χ3v) is 5.81. The zero-order valence-electron chi connectivity index (χ0n) is 16.1. The highest BCUT2D eigenvalue weighted by atomic mass is 32.2. The number of aliphatic imine (C=N–C) groups is 1. The molecule has 1 amide bonds. The number of aromatic nitrogens is 2. The van der Waals surface area contributed by atoms with Crippen LogP contribution in [0.3, 0.4) is 0 Å². The molecule has 144 valence electrons. The standard InChI is InChI=1S/C21H22N4O2S/c1-4-27-18-10-6-5-9-16(18)23-21-25(15(3)13-28-21)20(26)17-12-24-14(2)8-7-11-19(24)22-17/h5-12,15H,4,13H2,1-3H3. The van der Waals surface area contributed by atoms with Gasteiger partial charge in [0.1, 0.15) is 22.8 Å². The number of imidazole rings is 1. The monoisotopic (exact) mass is 394 g/mol. The summed E-state index contributed by atoms with van der Waals surface area (Å²) in [6.45, 7) is 6.53. The molecule has 0 spiro atoms. The van der Waals surface area contributed by atoms with Crippen LogP contribution in [-0.2, 0) is 0 Å². The van der Waals surface area contributed by atoms with Crippen LogP contribution in [0.4, 0.5) is 5.69 Å². The quantitative estimate of drug-likeness (QED) is 0.662. The van der Waals surface area contributed by atoms with Crippen molar-refractivity contribution < 1.29 is 9.53 Å². The molecule has 1 atom stereocenters. The number of amidine groups is 1. The van der Waals surface area contributed by atoms with Crippen LogP contribution in [-0.4, -0.2) is 43.8 Å². The van der Waals surface area contributed by atoms with Gasteiger partial charge >= 0.3 is 0 Å². The highest BCUT2D eigenvalue weighted by molar-refractivity contribution is 8.14. The molecule has 1 unspecified atom stereocenters. The Labute approximate surface area is 168 Å². The fourth-order valence-electron chi connectivity index (χ4n) is 3.21. The van der Waals surface area contributed by atoms with Crippen molar-refractivity contribution in [3.05, 3.63) is 60.0 Å². The van der Waals surface area contributed by atoms with Crippen LogP contribution >= 0.6 is 11.8 Å². The first kappa shape index (κ1) is 18.6. The number of amides is 1. The van der Waals surface area contributed by atoms with Crippen LogP contribution in [0, 0.1) is 6.92 Å². The number of carbonyl (C=O) groups excluding carboxylic acids is 1. The van der Waals surface area contributed by atoms with Crippen molar-refractivity contribution in [3.8, 4) is 5.75 Å². The van der Waals surface area contributed by atoms with Gasteiger partial charge in [-0.3, -0.25) is 9.69 Å². The van der Waals surface area contributed by atoms with E-state index >= 15 is 0 Å². The van der Waals surface area contributed by atoms with E-state index in [1.54, 1.807) is 22.9 Å². The van der Waals surface area contributed by atoms with Gasteiger partial charge in [-0.1, -0.05) is 30.0 Å². The Hall–Kier alpha value is -2.80. The van der Waals surface area contributed by atoms with E-state index in [0.717, 1.165) is 22.8 Å². The minimum absolute atomic E-state index is 0.0430. The molecule has 0 aliphatic carbocycles. The van der Waals surface area contributed by atoms with Crippen molar-refractivity contribution in [1.82, 2.24) is 14.3 Å². The highest BCUT2D eigenvalue weighted by Crippen LogP contribution is 2.33. The number of pyridine rings is 1. The highest BCUT2D eigenvalue weighted by Gasteiger charge is 2.34. The van der Waals surface area contributed by atoms with Gasteiger partial charge in [-0.2, -0.15) is 0 Å². The first-order chi connectivity index (χ1) is 13.6. The van der Waals surface area contributed by atoms with Gasteiger partial charge in [0.2, 0.25) is 0 Å². The van der Waals surface area contributed by atoms with Gasteiger partial charge in [-0.15, -0.1) is 0 Å². The molecule has 0 radical (unpaired) electrons. The Morgan fingerprint density at radius 3 is 2.89 bits per heavy atom. The van der Waals surface area contributed by atoms with Crippen molar-refractivity contribution >= 4 is 34.2 Å². The molecule has 1 aliphatic rings. The van der Waals surface area contributed by atoms with Gasteiger partial charge in [0, 0.05) is 23.7 Å². The molecule has 0 bridgehead atoms. The first-order valence-electron chi connectivity index (χ1n) is 9.30. The van der Waals surface area contributed by atoms with Crippen molar-refractivity contribution in [2.75, 3.05) is 12.4 Å². The molecule has 0 N–H and O–H groups in total. The van der Waals surface area contributed by atoms with E-state index in [4.69, 9.17) is 9.73 Å². The number of hydrogen-bond donors (Lipinski definition) is 0. The summed E-state index contributed by atoms with van der Waals surface area (Å²) in [6, 6.07) is 13.5. The lowest BCUT2D eigenvalue weighted by atomic mass is 10.3. The van der Waals surface area contributed by atoms with Gasteiger partial charge in [0.25, 0.3) is 5.91 Å². The fraction of sp³-hybridized carbons (Fsp3) is 0.286. The normalized spacial score (nSPS) is 18.2. The molecule has 1 aromatic carbocycles. The minimum Gasteiger partial charge on any atom is -0.492 e. The third-order valence-electron chi connectivity index (χ3n) is 4.62. The zero-order chi connectivity index (χ0) is 19.7. The maximum Gasteiger partial charge on any atom is 0.280 e. The van der Waals surface area contributed by atoms with E-state index in [9.17, 15) is 4.79 Å². The summed E-state index contributed by atoms with van der Waals surface area (Å²) in [7, 11) is 0. The predicted octanol–water partition coefficient (Wildman–Crippen LogP) is 4.31. The molecule has 3 heterocycles. The fourth-order valence-corrected chi connectivity index (χ4v) is 4.31. The van der Waals surface area contributed by atoms with Crippen molar-refractivity contribution in [2.24, 2.45) is 4.99 Å². The van der Waals surface area contributed by atoms with E-state index in [1.807, 2.05) is 67.6 Å². The number of benzene rings is 1. The second-order valence-electron chi connectivity index (χ2n) is 6.65. The molecule has 6 nitrogen and oxygen atoms in total. The Bertz CT molecular complexity index is 1060. The second kappa shape index (κ2) is 7.67. The number of thioether (sulfide) groups is 1. The van der Waals surface area contributed by atoms with E-state index in [1.165, 1.54) is 0 Å². The summed E-state index contributed by atoms with van der Waals surface area (Å²) in [5, 5.41) is 0.679. The second-order valence-corrected chi connectivity index (χ2v) is 7.64. The Morgan fingerprint density at radius 1 is 1.29 bits per heavy atom. The number of carbonyl (C=O) groups is 1. The topological polar surface area (TPSA) is 59.2 Å². The molecule has 3 aromatic rings. The van der Waals surface area contributed by atoms with Crippen LogP contribution in [0.1, 0.15) is 30.0 Å². The first-order valence-corrected chi connectivity index (χ1v) is 10.3. The molecular weight excluding hydrogens is 372 g/mol. The summed E-state index contributed by atoms with van der Waals surface area (Å²) < 4.78 is 7.60. The maximum absolute atomic E-state index is 13.3. The smallest absolute Gasteiger partial charge is 0.280 e. The van der Waals surface area contributed by atoms with Crippen molar-refractivity contribution in [2.45, 2.75) is 26.8 Å². The molecule has 0 saturated carbocycles. The van der Waals surface area contributed by atoms with Crippen LogP contribution in [0.5, 0.6) is 5.75 Å². The average Bonchev–Trinajstić information content (AvgIpc) is 3.28. The Morgan fingerprint density at radius 2 is 2.11 bits per heavy atom. The molecular formula is C21H22N4O2S. The molecule has 2 aromatic heterocycles. The summed E-state index contributed by atoms with van der Waals surface area (Å²) in [6.07, 6.45) is 1.80. The number of fused-ring (bicyclic) bond motifs is 1. The van der Waals surface area contributed by atoms with Crippen LogP contribution in [0.15, 0.2) is 53.7 Å². The number of nitrogens with zero attached hydrogens (tertiary/aromatic N) is 4. The summed E-state index contributed by atoms with van der Waals surface area (Å²) in [5.41, 5.74) is 2.95. The average molecular weight is 395 g/mol. The predicted molar refractivity (Wildman–Crippen MR) is 113 cm³/mol. The lowest BCUT2D eigenvalue weighted by Crippen LogP contribution is -2.37. The zero-order valence-corrected chi connectivity index (χ0v) is 16.9. The van der Waals surface area contributed by atoms with Gasteiger partial charge < -0.3 is 9.14 Å². The molecule has 28 heavy (non-hydrogen) atoms. The minimum atomic E-state index is -0.131. The molecule has 4 rings (SSSR count). The SMILES string of the molecule is CCOc1ccccc1N=C1SCC(C)N1C(=O)c1cn2c(C)cccc2n1. The molecule has 1 fully saturated rings. The lowest BCUT2D eigenvalue weighted by molar-refractivity contribution is 0.0823. The summed E-state index contributed by atoms with van der Waals surface area (Å²) in [4.78, 5) is 24.3. The van der Waals surface area contributed by atoms with Gasteiger partial charge in [0.15, 0.2) is 5.17 Å². The van der Waals surface area contributed by atoms with E-state index in [2.05, 4.69) is 4.98 Å². The Balaban J connectivity index is 1.70. The van der Waals surface area contributed by atoms with Crippen LogP contribution in [0.2, 0.25) is 0 Å². The van der Waals surface area contributed by atoms with Crippen molar-refractivity contribution in [3.63, 3.8) is 0 Å². The summed E-state index contributed by atoms with van der Waals surface area (Å²) >= 11 is 1.58. The largest absolute Gasteiger partial charge is 0.492 e. The molecule has 1 aliphatic heterocycles. The number of para-hydroxylation sites is 2. The van der Waals surface area contributed by atoms with Gasteiger partial charge in [-0.25, -0.2) is 9.98 Å². The maximum atomic E-state index is 13.3.